The quantitative estimate of drug-likeness (QED) is 0.904. The highest BCUT2D eigenvalue weighted by atomic mass is 16.5. The van der Waals surface area contributed by atoms with Crippen LogP contribution in [0.2, 0.25) is 0 Å². The zero-order chi connectivity index (χ0) is 14.4. The van der Waals surface area contributed by atoms with Gasteiger partial charge in [-0.2, -0.15) is 0 Å². The molecule has 0 aliphatic heterocycles. The molecule has 1 amide bonds. The molecule has 0 saturated carbocycles. The lowest BCUT2D eigenvalue weighted by Crippen LogP contribution is -2.23. The average Bonchev–Trinajstić information content (AvgIpc) is 2.48. The highest BCUT2D eigenvalue weighted by Gasteiger charge is 2.04. The maximum atomic E-state index is 11.7. The fraction of sp³-hybridized carbons (Fsp3) is 0.200. The number of amides is 1. The van der Waals surface area contributed by atoms with Crippen LogP contribution < -0.4 is 15.6 Å². The van der Waals surface area contributed by atoms with Crippen molar-refractivity contribution >= 4 is 11.6 Å². The number of nitrogens with one attached hydrogen (secondary N) is 1. The van der Waals surface area contributed by atoms with E-state index in [0.29, 0.717) is 18.0 Å². The van der Waals surface area contributed by atoms with Crippen molar-refractivity contribution < 1.29 is 9.53 Å². The molecule has 0 atom stereocenters. The lowest BCUT2D eigenvalue weighted by Gasteiger charge is -2.09. The van der Waals surface area contributed by atoms with Crippen LogP contribution in [0.15, 0.2) is 53.5 Å². The normalized spacial score (nSPS) is 10.1. The highest BCUT2D eigenvalue weighted by molar-refractivity contribution is 5.91. The third-order valence-corrected chi connectivity index (χ3v) is 2.72. The number of carbonyl (C=O) groups excluding carboxylic acids is 1. The molecule has 0 spiro atoms. The highest BCUT2D eigenvalue weighted by Crippen LogP contribution is 2.08. The van der Waals surface area contributed by atoms with Gasteiger partial charge in [-0.15, -0.1) is 0 Å². The minimum atomic E-state index is -0.268. The fourth-order valence-electron chi connectivity index (χ4n) is 1.72. The molecule has 0 bridgehead atoms. The predicted molar refractivity (Wildman–Crippen MR) is 76.9 cm³/mol. The zero-order valence-corrected chi connectivity index (χ0v) is 11.2. The second-order valence-corrected chi connectivity index (χ2v) is 4.19. The van der Waals surface area contributed by atoms with Gasteiger partial charge in [0.05, 0.1) is 5.69 Å². The summed E-state index contributed by atoms with van der Waals surface area (Å²) in [5.74, 6) is 0.372. The van der Waals surface area contributed by atoms with Crippen LogP contribution in [0.1, 0.15) is 6.92 Å². The Morgan fingerprint density at radius 2 is 1.95 bits per heavy atom. The maximum Gasteiger partial charge on any atom is 0.262 e. The summed E-state index contributed by atoms with van der Waals surface area (Å²) in [7, 11) is 0. The summed E-state index contributed by atoms with van der Waals surface area (Å²) < 4.78 is 6.86. The van der Waals surface area contributed by atoms with Gasteiger partial charge in [-0.25, -0.2) is 0 Å². The molecule has 1 aromatic carbocycles. The number of pyridine rings is 1. The number of para-hydroxylation sites is 1. The first kappa shape index (κ1) is 13.9. The van der Waals surface area contributed by atoms with Crippen LogP contribution in [-0.2, 0) is 11.3 Å². The molecule has 0 aliphatic carbocycles. The minimum Gasteiger partial charge on any atom is -0.484 e. The monoisotopic (exact) mass is 272 g/mol. The molecule has 0 saturated heterocycles. The van der Waals surface area contributed by atoms with Crippen LogP contribution in [0.4, 0.5) is 5.69 Å². The number of ether oxygens (including phenoxy) is 1. The Morgan fingerprint density at radius 3 is 2.65 bits per heavy atom. The van der Waals surface area contributed by atoms with E-state index in [2.05, 4.69) is 5.32 Å². The third-order valence-electron chi connectivity index (χ3n) is 2.72. The van der Waals surface area contributed by atoms with Gasteiger partial charge in [-0.1, -0.05) is 18.2 Å². The van der Waals surface area contributed by atoms with E-state index >= 15 is 0 Å². The second-order valence-electron chi connectivity index (χ2n) is 4.19. The largest absolute Gasteiger partial charge is 0.484 e. The molecule has 0 aliphatic rings. The van der Waals surface area contributed by atoms with E-state index in [1.807, 2.05) is 25.1 Å². The van der Waals surface area contributed by atoms with E-state index in [-0.39, 0.29) is 18.1 Å². The lowest BCUT2D eigenvalue weighted by atomic mass is 10.3. The van der Waals surface area contributed by atoms with Crippen molar-refractivity contribution in [3.05, 3.63) is 59.0 Å². The van der Waals surface area contributed by atoms with Crippen LogP contribution >= 0.6 is 0 Å². The standard InChI is InChI=1S/C15H16N2O3/c1-2-17-10-12(8-9-15(17)19)16-14(18)11-20-13-6-4-3-5-7-13/h3-10H,2,11H2,1H3,(H,16,18). The van der Waals surface area contributed by atoms with Gasteiger partial charge in [0.2, 0.25) is 0 Å². The van der Waals surface area contributed by atoms with Crippen molar-refractivity contribution in [2.75, 3.05) is 11.9 Å². The van der Waals surface area contributed by atoms with Gasteiger partial charge < -0.3 is 14.6 Å². The molecule has 5 heteroatoms. The molecular weight excluding hydrogens is 256 g/mol. The van der Waals surface area contributed by atoms with Gasteiger partial charge in [0.1, 0.15) is 5.75 Å². The number of benzene rings is 1. The summed E-state index contributed by atoms with van der Waals surface area (Å²) in [5, 5.41) is 2.69. The first-order valence-electron chi connectivity index (χ1n) is 6.37. The topological polar surface area (TPSA) is 60.3 Å². The average molecular weight is 272 g/mol. The number of nitrogens with zero attached hydrogens (tertiary/aromatic N) is 1. The van der Waals surface area contributed by atoms with E-state index in [1.54, 1.807) is 24.4 Å². The van der Waals surface area contributed by atoms with Gasteiger partial charge in [-0.3, -0.25) is 9.59 Å². The molecule has 5 nitrogen and oxygen atoms in total. The Morgan fingerprint density at radius 1 is 1.20 bits per heavy atom. The lowest BCUT2D eigenvalue weighted by molar-refractivity contribution is -0.118. The van der Waals surface area contributed by atoms with Gasteiger partial charge in [0.15, 0.2) is 6.61 Å². The number of carbonyl (C=O) groups is 1. The number of hydrogen-bond donors (Lipinski definition) is 1. The fourth-order valence-corrected chi connectivity index (χ4v) is 1.72. The molecule has 0 unspecified atom stereocenters. The molecule has 2 rings (SSSR count). The first-order chi connectivity index (χ1) is 9.69. The number of hydrogen-bond acceptors (Lipinski definition) is 3. The summed E-state index contributed by atoms with van der Waals surface area (Å²) in [6.07, 6.45) is 1.61. The van der Waals surface area contributed by atoms with Crippen LogP contribution in [0.5, 0.6) is 5.75 Å². The van der Waals surface area contributed by atoms with E-state index in [0.717, 1.165) is 0 Å². The molecule has 0 fully saturated rings. The van der Waals surface area contributed by atoms with Crippen LogP contribution in [-0.4, -0.2) is 17.1 Å². The molecule has 104 valence electrons. The number of aromatic nitrogens is 1. The molecule has 1 heterocycles. The molecule has 20 heavy (non-hydrogen) atoms. The zero-order valence-electron chi connectivity index (χ0n) is 11.2. The second kappa shape index (κ2) is 6.56. The minimum absolute atomic E-state index is 0.0741. The van der Waals surface area contributed by atoms with Crippen LogP contribution in [0, 0.1) is 0 Å². The Hall–Kier alpha value is -2.56. The van der Waals surface area contributed by atoms with E-state index in [9.17, 15) is 9.59 Å². The Labute approximate surface area is 116 Å². The molecular formula is C15H16N2O3. The summed E-state index contributed by atoms with van der Waals surface area (Å²) in [4.78, 5) is 23.2. The molecule has 0 radical (unpaired) electrons. The SMILES string of the molecule is CCn1cc(NC(=O)COc2ccccc2)ccc1=O. The van der Waals surface area contributed by atoms with Crippen LogP contribution in [0.3, 0.4) is 0 Å². The van der Waals surface area contributed by atoms with E-state index < -0.39 is 0 Å². The number of aryl methyl sites for hydroxylation is 1. The van der Waals surface area contributed by atoms with Crippen molar-refractivity contribution in [3.63, 3.8) is 0 Å². The van der Waals surface area contributed by atoms with E-state index in [1.165, 1.54) is 10.6 Å². The van der Waals surface area contributed by atoms with Gasteiger partial charge in [0.25, 0.3) is 11.5 Å². The summed E-state index contributed by atoms with van der Waals surface area (Å²) in [6, 6.07) is 12.1. The summed E-state index contributed by atoms with van der Waals surface area (Å²) >= 11 is 0. The summed E-state index contributed by atoms with van der Waals surface area (Å²) in [6.45, 7) is 2.35. The Bertz CT molecular complexity index is 635. The number of anilines is 1. The van der Waals surface area contributed by atoms with Crippen molar-refractivity contribution in [1.82, 2.24) is 4.57 Å². The Kier molecular flexibility index (Phi) is 4.55. The molecule has 1 aromatic heterocycles. The van der Waals surface area contributed by atoms with Gasteiger partial charge in [0, 0.05) is 18.8 Å². The molecule has 2 aromatic rings. The maximum absolute atomic E-state index is 11.7. The van der Waals surface area contributed by atoms with Crippen molar-refractivity contribution in [2.45, 2.75) is 13.5 Å². The number of rotatable bonds is 5. The molecule has 1 N–H and O–H groups in total. The smallest absolute Gasteiger partial charge is 0.262 e. The van der Waals surface area contributed by atoms with Gasteiger partial charge >= 0.3 is 0 Å². The summed E-state index contributed by atoms with van der Waals surface area (Å²) in [5.41, 5.74) is 0.485. The van der Waals surface area contributed by atoms with Gasteiger partial charge in [-0.05, 0) is 25.1 Å². The van der Waals surface area contributed by atoms with Crippen LogP contribution in [0.25, 0.3) is 0 Å². The van der Waals surface area contributed by atoms with E-state index in [4.69, 9.17) is 4.74 Å². The van der Waals surface area contributed by atoms with Crippen molar-refractivity contribution in [3.8, 4) is 5.75 Å². The Balaban J connectivity index is 1.93. The van der Waals surface area contributed by atoms with Crippen molar-refractivity contribution in [1.29, 1.82) is 0 Å². The van der Waals surface area contributed by atoms with Crippen molar-refractivity contribution in [2.24, 2.45) is 0 Å². The third kappa shape index (κ3) is 3.71. The first-order valence-corrected chi connectivity index (χ1v) is 6.37. The predicted octanol–water partition coefficient (Wildman–Crippen LogP) is 1.89.